The molecule has 0 unspecified atom stereocenters. The third-order valence-electron chi connectivity index (χ3n) is 3.68. The maximum absolute atomic E-state index is 12.0. The molecule has 104 valence electrons. The lowest BCUT2D eigenvalue weighted by molar-refractivity contribution is -0.138. The number of carboxylic acid groups (broad SMARTS) is 1. The molecular formula is C13H24N2O3. The van der Waals surface area contributed by atoms with Crippen molar-refractivity contribution in [1.29, 1.82) is 0 Å². The summed E-state index contributed by atoms with van der Waals surface area (Å²) in [5.74, 6) is -0.519. The van der Waals surface area contributed by atoms with Crippen molar-refractivity contribution in [3.63, 3.8) is 0 Å². The van der Waals surface area contributed by atoms with E-state index in [2.05, 4.69) is 19.2 Å². The smallest absolute Gasteiger partial charge is 0.317 e. The Kier molecular flexibility index (Phi) is 5.95. The number of rotatable bonds is 5. The lowest BCUT2D eigenvalue weighted by Gasteiger charge is -2.32. The normalized spacial score (nSPS) is 16.9. The number of aliphatic carboxylic acids is 1. The van der Waals surface area contributed by atoms with Crippen LogP contribution >= 0.6 is 0 Å². The molecule has 1 aliphatic heterocycles. The lowest BCUT2D eigenvalue weighted by Crippen LogP contribution is -2.47. The van der Waals surface area contributed by atoms with Gasteiger partial charge in [0.25, 0.3) is 0 Å². The van der Waals surface area contributed by atoms with E-state index in [0.29, 0.717) is 13.1 Å². The van der Waals surface area contributed by atoms with E-state index in [-0.39, 0.29) is 24.4 Å². The highest BCUT2D eigenvalue weighted by atomic mass is 16.4. The van der Waals surface area contributed by atoms with Crippen molar-refractivity contribution in [3.05, 3.63) is 0 Å². The molecule has 1 rings (SSSR count). The van der Waals surface area contributed by atoms with Crippen molar-refractivity contribution in [2.24, 2.45) is 5.92 Å². The number of carbonyl (C=O) groups excluding carboxylic acids is 1. The average molecular weight is 256 g/mol. The van der Waals surface area contributed by atoms with E-state index in [4.69, 9.17) is 5.11 Å². The highest BCUT2D eigenvalue weighted by Gasteiger charge is 2.24. The van der Waals surface area contributed by atoms with E-state index in [1.807, 2.05) is 0 Å². The van der Waals surface area contributed by atoms with E-state index >= 15 is 0 Å². The van der Waals surface area contributed by atoms with Crippen molar-refractivity contribution in [2.45, 2.75) is 52.0 Å². The number of hydrogen-bond acceptors (Lipinski definition) is 2. The molecule has 2 N–H and O–H groups in total. The number of amides is 2. The van der Waals surface area contributed by atoms with Crippen molar-refractivity contribution in [1.82, 2.24) is 10.2 Å². The second-order valence-corrected chi connectivity index (χ2v) is 4.99. The first-order chi connectivity index (χ1) is 8.56. The minimum atomic E-state index is -0.741. The molecule has 1 heterocycles. The number of urea groups is 1. The van der Waals surface area contributed by atoms with Gasteiger partial charge in [-0.15, -0.1) is 0 Å². The molecular weight excluding hydrogens is 232 g/mol. The van der Waals surface area contributed by atoms with Crippen LogP contribution in [0.1, 0.15) is 46.0 Å². The van der Waals surface area contributed by atoms with Crippen molar-refractivity contribution < 1.29 is 14.7 Å². The predicted molar refractivity (Wildman–Crippen MR) is 69.5 cm³/mol. The lowest BCUT2D eigenvalue weighted by atomic mass is 9.94. The summed E-state index contributed by atoms with van der Waals surface area (Å²) >= 11 is 0. The van der Waals surface area contributed by atoms with Gasteiger partial charge in [0.05, 0.1) is 0 Å². The minimum absolute atomic E-state index is 0.00234. The number of carboxylic acids is 1. The minimum Gasteiger partial charge on any atom is -0.481 e. The Bertz CT molecular complexity index is 282. The Morgan fingerprint density at radius 1 is 1.28 bits per heavy atom. The van der Waals surface area contributed by atoms with Crippen LogP contribution in [0.2, 0.25) is 0 Å². The zero-order chi connectivity index (χ0) is 13.5. The van der Waals surface area contributed by atoms with Crippen molar-refractivity contribution in [2.75, 3.05) is 13.1 Å². The molecule has 0 saturated carbocycles. The molecule has 0 aromatic rings. The van der Waals surface area contributed by atoms with Crippen LogP contribution in [-0.4, -0.2) is 41.1 Å². The summed E-state index contributed by atoms with van der Waals surface area (Å²) in [5, 5.41) is 11.7. The van der Waals surface area contributed by atoms with Gasteiger partial charge in [-0.3, -0.25) is 4.79 Å². The summed E-state index contributed by atoms with van der Waals surface area (Å²) in [7, 11) is 0. The van der Waals surface area contributed by atoms with Crippen LogP contribution in [0.25, 0.3) is 0 Å². The molecule has 1 fully saturated rings. The quantitative estimate of drug-likeness (QED) is 0.791. The molecule has 0 aromatic carbocycles. The monoisotopic (exact) mass is 256 g/mol. The molecule has 0 aliphatic carbocycles. The number of hydrogen-bond donors (Lipinski definition) is 2. The largest absolute Gasteiger partial charge is 0.481 e. The maximum atomic E-state index is 12.0. The van der Waals surface area contributed by atoms with Crippen LogP contribution < -0.4 is 5.32 Å². The van der Waals surface area contributed by atoms with Crippen LogP contribution in [-0.2, 0) is 4.79 Å². The van der Waals surface area contributed by atoms with Gasteiger partial charge in [-0.2, -0.15) is 0 Å². The molecule has 5 heteroatoms. The second kappa shape index (κ2) is 7.24. The first-order valence-electron chi connectivity index (χ1n) is 6.84. The summed E-state index contributed by atoms with van der Waals surface area (Å²) in [4.78, 5) is 24.4. The first kappa shape index (κ1) is 14.8. The molecule has 1 aliphatic rings. The number of nitrogens with one attached hydrogen (secondary N) is 1. The van der Waals surface area contributed by atoms with Crippen molar-refractivity contribution in [3.8, 4) is 0 Å². The summed E-state index contributed by atoms with van der Waals surface area (Å²) in [6.45, 7) is 5.47. The molecule has 0 bridgehead atoms. The Morgan fingerprint density at radius 2 is 1.83 bits per heavy atom. The molecule has 0 spiro atoms. The number of nitrogens with zero attached hydrogens (tertiary/aromatic N) is 1. The molecule has 0 radical (unpaired) electrons. The van der Waals surface area contributed by atoms with Gasteiger partial charge in [0, 0.05) is 25.6 Å². The summed E-state index contributed by atoms with van der Waals surface area (Å²) in [6.07, 6.45) is 3.70. The fourth-order valence-electron chi connectivity index (χ4n) is 2.35. The summed E-state index contributed by atoms with van der Waals surface area (Å²) < 4.78 is 0. The van der Waals surface area contributed by atoms with Crippen LogP contribution in [0.4, 0.5) is 4.79 Å². The fraction of sp³-hybridized carbons (Fsp3) is 0.846. The van der Waals surface area contributed by atoms with Crippen molar-refractivity contribution >= 4 is 12.0 Å². The van der Waals surface area contributed by atoms with Gasteiger partial charge in [-0.1, -0.05) is 13.8 Å². The average Bonchev–Trinajstić information content (AvgIpc) is 2.35. The van der Waals surface area contributed by atoms with Crippen LogP contribution in [0, 0.1) is 5.92 Å². The SMILES string of the molecule is CCC(CC)NC(=O)N1CCC(CC(=O)O)CC1. The zero-order valence-electron chi connectivity index (χ0n) is 11.3. The van der Waals surface area contributed by atoms with Gasteiger partial charge in [-0.05, 0) is 31.6 Å². The Labute approximate surface area is 109 Å². The third-order valence-corrected chi connectivity index (χ3v) is 3.68. The Morgan fingerprint density at radius 3 is 2.28 bits per heavy atom. The Hall–Kier alpha value is -1.26. The van der Waals surface area contributed by atoms with Gasteiger partial charge in [0.1, 0.15) is 0 Å². The van der Waals surface area contributed by atoms with E-state index in [9.17, 15) is 9.59 Å². The Balaban J connectivity index is 2.33. The zero-order valence-corrected chi connectivity index (χ0v) is 11.3. The standard InChI is InChI=1S/C13H24N2O3/c1-3-11(4-2)14-13(18)15-7-5-10(6-8-15)9-12(16)17/h10-11H,3-9H2,1-2H3,(H,14,18)(H,16,17). The van der Waals surface area contributed by atoms with Crippen LogP contribution in [0.5, 0.6) is 0 Å². The predicted octanol–water partition coefficient (Wildman–Crippen LogP) is 2.07. The highest BCUT2D eigenvalue weighted by molar-refractivity contribution is 5.74. The topological polar surface area (TPSA) is 69.6 Å². The van der Waals surface area contributed by atoms with E-state index in [1.165, 1.54) is 0 Å². The number of piperidine rings is 1. The molecule has 1 saturated heterocycles. The van der Waals surface area contributed by atoms with Gasteiger partial charge in [-0.25, -0.2) is 4.79 Å². The van der Waals surface area contributed by atoms with Gasteiger partial charge >= 0.3 is 12.0 Å². The van der Waals surface area contributed by atoms with Crippen LogP contribution in [0.15, 0.2) is 0 Å². The van der Waals surface area contributed by atoms with E-state index in [1.54, 1.807) is 4.90 Å². The molecule has 18 heavy (non-hydrogen) atoms. The van der Waals surface area contributed by atoms with E-state index < -0.39 is 5.97 Å². The highest BCUT2D eigenvalue weighted by Crippen LogP contribution is 2.20. The maximum Gasteiger partial charge on any atom is 0.317 e. The number of carbonyl (C=O) groups is 2. The third kappa shape index (κ3) is 4.55. The molecule has 0 atom stereocenters. The molecule has 2 amide bonds. The summed E-state index contributed by atoms with van der Waals surface area (Å²) in [5.41, 5.74) is 0. The summed E-state index contributed by atoms with van der Waals surface area (Å²) in [6, 6.07) is 0.242. The van der Waals surface area contributed by atoms with E-state index in [0.717, 1.165) is 25.7 Å². The van der Waals surface area contributed by atoms with Crippen LogP contribution in [0.3, 0.4) is 0 Å². The molecule has 5 nitrogen and oxygen atoms in total. The first-order valence-corrected chi connectivity index (χ1v) is 6.84. The molecule has 0 aromatic heterocycles. The van der Waals surface area contributed by atoms with Gasteiger partial charge in [0.2, 0.25) is 0 Å². The fourth-order valence-corrected chi connectivity index (χ4v) is 2.35. The van der Waals surface area contributed by atoms with Gasteiger partial charge in [0.15, 0.2) is 0 Å². The second-order valence-electron chi connectivity index (χ2n) is 4.99. The van der Waals surface area contributed by atoms with Gasteiger partial charge < -0.3 is 15.3 Å². The number of likely N-dealkylation sites (tertiary alicyclic amines) is 1.